The minimum Gasteiger partial charge on any atom is -0.463 e. The van der Waals surface area contributed by atoms with Crippen LogP contribution in [0, 0.1) is 0 Å². The number of hydrogen-bond acceptors (Lipinski definition) is 6. The van der Waals surface area contributed by atoms with Crippen LogP contribution < -0.4 is 10.2 Å². The fraction of sp³-hybridized carbons (Fsp3) is 0.545. The molecule has 0 atom stereocenters. The van der Waals surface area contributed by atoms with Gasteiger partial charge in [-0.05, 0) is 13.0 Å². The van der Waals surface area contributed by atoms with Gasteiger partial charge in [0.15, 0.2) is 0 Å². The van der Waals surface area contributed by atoms with Gasteiger partial charge in [0.1, 0.15) is 5.82 Å². The molecule has 1 fully saturated rings. The molecule has 1 aliphatic rings. The SMILES string of the molecule is CCN(c1ccnc(C(=O)OC)n1)C1CNC1. The van der Waals surface area contributed by atoms with Gasteiger partial charge in [-0.25, -0.2) is 14.8 Å². The molecule has 6 heteroatoms. The van der Waals surface area contributed by atoms with Crippen molar-refractivity contribution < 1.29 is 9.53 Å². The lowest BCUT2D eigenvalue weighted by Crippen LogP contribution is -2.57. The minimum atomic E-state index is -0.505. The summed E-state index contributed by atoms with van der Waals surface area (Å²) in [5, 5.41) is 3.22. The van der Waals surface area contributed by atoms with Crippen LogP contribution >= 0.6 is 0 Å². The van der Waals surface area contributed by atoms with Crippen molar-refractivity contribution in [1.29, 1.82) is 0 Å². The molecular formula is C11H16N4O2. The number of carbonyl (C=O) groups is 1. The summed E-state index contributed by atoms with van der Waals surface area (Å²) in [5.41, 5.74) is 0. The molecule has 17 heavy (non-hydrogen) atoms. The molecule has 1 aromatic heterocycles. The van der Waals surface area contributed by atoms with Crippen molar-refractivity contribution in [3.63, 3.8) is 0 Å². The number of nitrogens with one attached hydrogen (secondary N) is 1. The summed E-state index contributed by atoms with van der Waals surface area (Å²) in [7, 11) is 1.33. The number of hydrogen-bond donors (Lipinski definition) is 1. The Kier molecular flexibility index (Phi) is 3.53. The quantitative estimate of drug-likeness (QED) is 0.746. The van der Waals surface area contributed by atoms with Crippen molar-refractivity contribution in [3.05, 3.63) is 18.1 Å². The molecule has 0 bridgehead atoms. The number of anilines is 1. The van der Waals surface area contributed by atoms with Gasteiger partial charge in [0.25, 0.3) is 0 Å². The van der Waals surface area contributed by atoms with Gasteiger partial charge in [-0.3, -0.25) is 0 Å². The molecule has 0 spiro atoms. The topological polar surface area (TPSA) is 67.4 Å². The molecule has 0 amide bonds. The second-order valence-electron chi connectivity index (χ2n) is 3.83. The summed E-state index contributed by atoms with van der Waals surface area (Å²) >= 11 is 0. The number of ether oxygens (including phenoxy) is 1. The molecule has 92 valence electrons. The third-order valence-electron chi connectivity index (χ3n) is 2.84. The van der Waals surface area contributed by atoms with E-state index in [1.54, 1.807) is 6.20 Å². The Morgan fingerprint density at radius 2 is 2.41 bits per heavy atom. The van der Waals surface area contributed by atoms with Gasteiger partial charge in [-0.2, -0.15) is 0 Å². The number of nitrogens with zero attached hydrogens (tertiary/aromatic N) is 3. The Labute approximate surface area is 100 Å². The van der Waals surface area contributed by atoms with E-state index in [0.717, 1.165) is 25.5 Å². The molecule has 0 aromatic carbocycles. The van der Waals surface area contributed by atoms with E-state index in [-0.39, 0.29) is 5.82 Å². The first-order valence-electron chi connectivity index (χ1n) is 5.65. The van der Waals surface area contributed by atoms with Crippen molar-refractivity contribution in [2.45, 2.75) is 13.0 Å². The smallest absolute Gasteiger partial charge is 0.376 e. The van der Waals surface area contributed by atoms with Crippen molar-refractivity contribution in [2.75, 3.05) is 31.6 Å². The summed E-state index contributed by atoms with van der Waals surface area (Å²) < 4.78 is 4.61. The maximum absolute atomic E-state index is 11.4. The molecule has 0 radical (unpaired) electrons. The Hall–Kier alpha value is -1.69. The van der Waals surface area contributed by atoms with E-state index in [0.29, 0.717) is 6.04 Å². The normalized spacial score (nSPS) is 15.2. The van der Waals surface area contributed by atoms with Crippen LogP contribution in [0.4, 0.5) is 5.82 Å². The predicted molar refractivity (Wildman–Crippen MR) is 63.0 cm³/mol. The highest BCUT2D eigenvalue weighted by molar-refractivity contribution is 5.85. The molecule has 0 unspecified atom stereocenters. The third kappa shape index (κ3) is 2.36. The fourth-order valence-corrected chi connectivity index (χ4v) is 1.80. The number of rotatable bonds is 4. The van der Waals surface area contributed by atoms with Crippen molar-refractivity contribution in [1.82, 2.24) is 15.3 Å². The first kappa shape index (κ1) is 11.8. The van der Waals surface area contributed by atoms with Crippen LogP contribution in [0.2, 0.25) is 0 Å². The summed E-state index contributed by atoms with van der Waals surface area (Å²) in [6, 6.07) is 2.26. The number of carbonyl (C=O) groups excluding carboxylic acids is 1. The van der Waals surface area contributed by atoms with Crippen LogP contribution in [0.1, 0.15) is 17.5 Å². The lowest BCUT2D eigenvalue weighted by molar-refractivity contribution is 0.0586. The van der Waals surface area contributed by atoms with Crippen molar-refractivity contribution in [2.24, 2.45) is 0 Å². The highest BCUT2D eigenvalue weighted by atomic mass is 16.5. The van der Waals surface area contributed by atoms with Crippen molar-refractivity contribution >= 4 is 11.8 Å². The van der Waals surface area contributed by atoms with Gasteiger partial charge < -0.3 is 15.0 Å². The molecule has 2 rings (SSSR count). The molecule has 6 nitrogen and oxygen atoms in total. The Balaban J connectivity index is 2.21. The van der Waals surface area contributed by atoms with Gasteiger partial charge in [0.05, 0.1) is 13.2 Å². The van der Waals surface area contributed by atoms with E-state index in [4.69, 9.17) is 0 Å². The Bertz CT molecular complexity index is 406. The molecule has 1 aromatic rings. The molecule has 1 saturated heterocycles. The number of aromatic nitrogens is 2. The summed E-state index contributed by atoms with van der Waals surface area (Å²) in [4.78, 5) is 21.6. The van der Waals surface area contributed by atoms with E-state index in [2.05, 4.69) is 31.8 Å². The highest BCUT2D eigenvalue weighted by Crippen LogP contribution is 2.15. The predicted octanol–water partition coefficient (Wildman–Crippen LogP) is 0.0613. The first-order chi connectivity index (χ1) is 8.26. The summed E-state index contributed by atoms with van der Waals surface area (Å²) in [6.07, 6.45) is 1.59. The molecular weight excluding hydrogens is 220 g/mol. The molecule has 0 aliphatic carbocycles. The average molecular weight is 236 g/mol. The summed E-state index contributed by atoms with van der Waals surface area (Å²) in [5.74, 6) is 0.375. The van der Waals surface area contributed by atoms with E-state index < -0.39 is 5.97 Å². The summed E-state index contributed by atoms with van der Waals surface area (Å²) in [6.45, 7) is 4.82. The number of likely N-dealkylation sites (N-methyl/N-ethyl adjacent to an activating group) is 1. The van der Waals surface area contributed by atoms with Gasteiger partial charge >= 0.3 is 5.97 Å². The molecule has 0 saturated carbocycles. The second-order valence-corrected chi connectivity index (χ2v) is 3.83. The van der Waals surface area contributed by atoms with Crippen LogP contribution in [0.3, 0.4) is 0 Å². The lowest BCUT2D eigenvalue weighted by Gasteiger charge is -2.38. The van der Waals surface area contributed by atoms with Gasteiger partial charge in [0.2, 0.25) is 5.82 Å². The van der Waals surface area contributed by atoms with E-state index in [9.17, 15) is 4.79 Å². The lowest BCUT2D eigenvalue weighted by atomic mass is 10.1. The minimum absolute atomic E-state index is 0.107. The van der Waals surface area contributed by atoms with Gasteiger partial charge in [0, 0.05) is 25.8 Å². The first-order valence-corrected chi connectivity index (χ1v) is 5.65. The van der Waals surface area contributed by atoms with Crippen LogP contribution in [0.5, 0.6) is 0 Å². The maximum Gasteiger partial charge on any atom is 0.376 e. The van der Waals surface area contributed by atoms with Crippen molar-refractivity contribution in [3.8, 4) is 0 Å². The second kappa shape index (κ2) is 5.09. The van der Waals surface area contributed by atoms with Gasteiger partial charge in [-0.1, -0.05) is 0 Å². The maximum atomic E-state index is 11.4. The largest absolute Gasteiger partial charge is 0.463 e. The molecule has 2 heterocycles. The van der Waals surface area contributed by atoms with E-state index >= 15 is 0 Å². The Morgan fingerprint density at radius 3 is 2.94 bits per heavy atom. The van der Waals surface area contributed by atoms with Gasteiger partial charge in [-0.15, -0.1) is 0 Å². The third-order valence-corrected chi connectivity index (χ3v) is 2.84. The zero-order chi connectivity index (χ0) is 12.3. The number of methoxy groups -OCH3 is 1. The van der Waals surface area contributed by atoms with Crippen LogP contribution in [-0.4, -0.2) is 48.7 Å². The zero-order valence-electron chi connectivity index (χ0n) is 10.0. The van der Waals surface area contributed by atoms with E-state index in [1.165, 1.54) is 7.11 Å². The molecule has 1 aliphatic heterocycles. The standard InChI is InChI=1S/C11H16N4O2/c1-3-15(8-6-12-7-8)9-4-5-13-10(14-9)11(16)17-2/h4-5,8,12H,3,6-7H2,1-2H3. The average Bonchev–Trinajstić information content (AvgIpc) is 2.32. The zero-order valence-corrected chi connectivity index (χ0v) is 10.0. The highest BCUT2D eigenvalue weighted by Gasteiger charge is 2.25. The Morgan fingerprint density at radius 1 is 1.65 bits per heavy atom. The monoisotopic (exact) mass is 236 g/mol. The van der Waals surface area contributed by atoms with Crippen LogP contribution in [0.15, 0.2) is 12.3 Å². The van der Waals surface area contributed by atoms with Crippen LogP contribution in [-0.2, 0) is 4.74 Å². The molecule has 1 N–H and O–H groups in total. The number of esters is 1. The fourth-order valence-electron chi connectivity index (χ4n) is 1.80. The van der Waals surface area contributed by atoms with E-state index in [1.807, 2.05) is 6.07 Å². The van der Waals surface area contributed by atoms with Crippen LogP contribution in [0.25, 0.3) is 0 Å².